The van der Waals surface area contributed by atoms with Gasteiger partial charge in [0.05, 0.1) is 4.90 Å². The van der Waals surface area contributed by atoms with Gasteiger partial charge in [0, 0.05) is 16.7 Å². The fourth-order valence-electron chi connectivity index (χ4n) is 7.46. The first-order valence-corrected chi connectivity index (χ1v) is 19.0. The Morgan fingerprint density at radius 1 is 0.571 bits per heavy atom. The van der Waals surface area contributed by atoms with Crippen molar-refractivity contribution in [2.24, 2.45) is 0 Å². The van der Waals surface area contributed by atoms with Crippen molar-refractivity contribution in [2.45, 2.75) is 42.4 Å². The molecule has 0 heterocycles. The second-order valence-corrected chi connectivity index (χ2v) is 15.4. The summed E-state index contributed by atoms with van der Waals surface area (Å²) >= 11 is 0. The molecule has 0 N–H and O–H groups in total. The Labute approximate surface area is 285 Å². The van der Waals surface area contributed by atoms with Gasteiger partial charge in [-0.15, -0.1) is 0 Å². The Balaban J connectivity index is 1.49. The van der Waals surface area contributed by atoms with Gasteiger partial charge in [0.1, 0.15) is 20.8 Å². The minimum Gasteiger partial charge on any atom is -0.744 e. The molecule has 0 saturated carbocycles. The summed E-state index contributed by atoms with van der Waals surface area (Å²) in [5.41, 5.74) is 3.57. The molecule has 0 fully saturated rings. The van der Waals surface area contributed by atoms with Gasteiger partial charge in [-0.1, -0.05) is 109 Å². The summed E-state index contributed by atoms with van der Waals surface area (Å²) in [6.45, 7) is 1.59. The second-order valence-electron chi connectivity index (χ2n) is 12.6. The van der Waals surface area contributed by atoms with Gasteiger partial charge < -0.3 is 8.74 Å². The molecule has 8 rings (SSSR count). The molecule has 0 aliphatic heterocycles. The predicted octanol–water partition coefficient (Wildman–Crippen LogP) is 9.34. The van der Waals surface area contributed by atoms with Crippen LogP contribution >= 0.6 is 0 Å². The highest BCUT2D eigenvalue weighted by Gasteiger charge is 2.33. The van der Waals surface area contributed by atoms with E-state index in [1.54, 1.807) is 6.92 Å². The van der Waals surface area contributed by atoms with E-state index in [1.165, 1.54) is 6.07 Å². The summed E-state index contributed by atoms with van der Waals surface area (Å²) in [5.74, 6) is 0.0861. The van der Waals surface area contributed by atoms with Gasteiger partial charge in [-0.05, 0) is 99.3 Å². The third-order valence-corrected chi connectivity index (χ3v) is 11.8. The van der Waals surface area contributed by atoms with Crippen LogP contribution in [-0.4, -0.2) is 21.4 Å². The Kier molecular flexibility index (Phi) is 7.55. The molecular formula is C41H31O6S2-. The molecule has 0 amide bonds. The number of hydrogen-bond acceptors (Lipinski definition) is 6. The predicted molar refractivity (Wildman–Crippen MR) is 193 cm³/mol. The summed E-state index contributed by atoms with van der Waals surface area (Å²) in [5, 5.41) is 5.31. The number of fused-ring (bicyclic) bond motifs is 4. The number of hydrogen-bond donors (Lipinski definition) is 0. The van der Waals surface area contributed by atoms with Crippen LogP contribution in [0.3, 0.4) is 0 Å². The van der Waals surface area contributed by atoms with Crippen LogP contribution in [0.15, 0.2) is 131 Å². The SMILES string of the molecule is Cc1cc(S(=O)(=O)[O-])c2c(c1OS(=O)(=O)c1c(-c3cccc4ccccc34)cc3ccccc3c1-c1cccc3ccccc13)CCCC2. The lowest BCUT2D eigenvalue weighted by molar-refractivity contribution is 0.459. The van der Waals surface area contributed by atoms with Crippen molar-refractivity contribution < 1.29 is 25.6 Å². The first-order chi connectivity index (χ1) is 23.6. The second kappa shape index (κ2) is 11.8. The van der Waals surface area contributed by atoms with E-state index in [0.717, 1.165) is 43.4 Å². The molecule has 0 bridgehead atoms. The van der Waals surface area contributed by atoms with Crippen molar-refractivity contribution >= 4 is 52.6 Å². The van der Waals surface area contributed by atoms with Crippen LogP contribution in [0.4, 0.5) is 0 Å². The highest BCUT2D eigenvalue weighted by Crippen LogP contribution is 2.47. The lowest BCUT2D eigenvalue weighted by Gasteiger charge is -2.26. The Morgan fingerprint density at radius 2 is 1.10 bits per heavy atom. The van der Waals surface area contributed by atoms with E-state index in [4.69, 9.17) is 4.18 Å². The molecule has 1 aliphatic carbocycles. The van der Waals surface area contributed by atoms with Gasteiger partial charge in [0.2, 0.25) is 0 Å². The summed E-state index contributed by atoms with van der Waals surface area (Å²) in [7, 11) is -9.42. The smallest absolute Gasteiger partial charge is 0.340 e. The number of benzene rings is 7. The van der Waals surface area contributed by atoms with Gasteiger partial charge in [0.15, 0.2) is 0 Å². The van der Waals surface area contributed by atoms with Crippen molar-refractivity contribution in [1.29, 1.82) is 0 Å². The van der Waals surface area contributed by atoms with Crippen LogP contribution in [0.5, 0.6) is 5.75 Å². The van der Waals surface area contributed by atoms with Gasteiger partial charge in [-0.3, -0.25) is 0 Å². The van der Waals surface area contributed by atoms with E-state index >= 15 is 8.42 Å². The van der Waals surface area contributed by atoms with Gasteiger partial charge in [0.25, 0.3) is 0 Å². The van der Waals surface area contributed by atoms with E-state index in [2.05, 4.69) is 0 Å². The largest absolute Gasteiger partial charge is 0.744 e. The molecule has 7 aromatic carbocycles. The Morgan fingerprint density at radius 3 is 1.76 bits per heavy atom. The van der Waals surface area contributed by atoms with E-state index in [1.807, 2.05) is 115 Å². The molecule has 7 aromatic rings. The van der Waals surface area contributed by atoms with Gasteiger partial charge >= 0.3 is 10.1 Å². The summed E-state index contributed by atoms with van der Waals surface area (Å²) in [4.78, 5) is -0.286. The summed E-state index contributed by atoms with van der Waals surface area (Å²) < 4.78 is 73.6. The first-order valence-electron chi connectivity index (χ1n) is 16.2. The summed E-state index contributed by atoms with van der Waals surface area (Å²) in [6, 6.07) is 38.4. The quantitative estimate of drug-likeness (QED) is 0.128. The van der Waals surface area contributed by atoms with Crippen LogP contribution in [0.1, 0.15) is 29.5 Å². The van der Waals surface area contributed by atoms with E-state index in [0.29, 0.717) is 47.9 Å². The average molecular weight is 684 g/mol. The lowest BCUT2D eigenvalue weighted by atomic mass is 9.89. The molecule has 244 valence electrons. The van der Waals surface area contributed by atoms with Gasteiger partial charge in [-0.25, -0.2) is 8.42 Å². The van der Waals surface area contributed by atoms with Crippen LogP contribution in [0.2, 0.25) is 0 Å². The topological polar surface area (TPSA) is 101 Å². The van der Waals surface area contributed by atoms with E-state index < -0.39 is 20.2 Å². The molecule has 0 spiro atoms. The number of aryl methyl sites for hydroxylation is 1. The normalized spacial score (nSPS) is 13.5. The average Bonchev–Trinajstić information content (AvgIpc) is 3.11. The molecule has 6 nitrogen and oxygen atoms in total. The highest BCUT2D eigenvalue weighted by atomic mass is 32.2. The molecule has 1 aliphatic rings. The van der Waals surface area contributed by atoms with Crippen LogP contribution < -0.4 is 4.18 Å². The molecule has 0 aromatic heterocycles. The monoisotopic (exact) mass is 683 g/mol. The molecule has 8 heteroatoms. The third-order valence-electron chi connectivity index (χ3n) is 9.60. The van der Waals surface area contributed by atoms with Crippen LogP contribution in [-0.2, 0) is 33.1 Å². The zero-order chi connectivity index (χ0) is 33.9. The minimum atomic E-state index is -4.79. The maximum atomic E-state index is 15.2. The third kappa shape index (κ3) is 5.37. The Hall–Kier alpha value is -5.02. The van der Waals surface area contributed by atoms with Crippen molar-refractivity contribution in [3.05, 3.63) is 138 Å². The Bertz CT molecular complexity index is 2690. The van der Waals surface area contributed by atoms with Crippen LogP contribution in [0, 0.1) is 6.92 Å². The minimum absolute atomic E-state index is 0.0170. The molecule has 0 saturated heterocycles. The highest BCUT2D eigenvalue weighted by molar-refractivity contribution is 7.87. The van der Waals surface area contributed by atoms with Crippen molar-refractivity contribution in [1.82, 2.24) is 0 Å². The summed E-state index contributed by atoms with van der Waals surface area (Å²) in [6.07, 6.45) is 2.14. The first kappa shape index (κ1) is 31.3. The fraction of sp³-hybridized carbons (Fsp3) is 0.122. The lowest BCUT2D eigenvalue weighted by Crippen LogP contribution is -2.18. The maximum Gasteiger partial charge on any atom is 0.340 e. The van der Waals surface area contributed by atoms with Crippen molar-refractivity contribution in [3.63, 3.8) is 0 Å². The van der Waals surface area contributed by atoms with E-state index in [-0.39, 0.29) is 21.1 Å². The number of rotatable bonds is 6. The zero-order valence-corrected chi connectivity index (χ0v) is 28.3. The van der Waals surface area contributed by atoms with E-state index in [9.17, 15) is 13.0 Å². The fourth-order valence-corrected chi connectivity index (χ4v) is 9.76. The van der Waals surface area contributed by atoms with Crippen molar-refractivity contribution in [2.75, 3.05) is 0 Å². The maximum absolute atomic E-state index is 15.2. The van der Waals surface area contributed by atoms with Crippen molar-refractivity contribution in [3.8, 4) is 28.0 Å². The van der Waals surface area contributed by atoms with Gasteiger partial charge in [-0.2, -0.15) is 8.42 Å². The molecular weight excluding hydrogens is 653 g/mol. The standard InChI is InChI=1S/C41H32O6S2/c1-26-24-38(48(42,43)44)34-20-8-9-21-36(34)40(26)47-49(45,46)41-37(33-22-10-15-27-12-2-5-17-30(27)33)25-29-14-4-7-19-32(29)39(41)35-23-11-16-28-13-3-6-18-31(28)35/h2-7,10-19,22-25H,8-9,20-21H2,1H3,(H,42,43,44)/p-1. The molecule has 0 atom stereocenters. The molecule has 0 radical (unpaired) electrons. The zero-order valence-electron chi connectivity index (χ0n) is 26.6. The molecule has 0 unspecified atom stereocenters. The molecule has 49 heavy (non-hydrogen) atoms. The van der Waals surface area contributed by atoms with Crippen LogP contribution in [0.25, 0.3) is 54.6 Å².